The highest BCUT2D eigenvalue weighted by Crippen LogP contribution is 2.22. The van der Waals surface area contributed by atoms with Gasteiger partial charge in [0.2, 0.25) is 5.95 Å². The average molecular weight is 292 g/mol. The third kappa shape index (κ3) is 5.25. The summed E-state index contributed by atoms with van der Waals surface area (Å²) >= 11 is 0. The molecule has 1 aliphatic heterocycles. The first-order valence-corrected chi connectivity index (χ1v) is 8.09. The largest absolute Gasteiger partial charge is 0.383 e. The van der Waals surface area contributed by atoms with E-state index in [1.165, 1.54) is 25.7 Å². The molecule has 2 heterocycles. The number of rotatable bonds is 7. The second-order valence-corrected chi connectivity index (χ2v) is 5.75. The summed E-state index contributed by atoms with van der Waals surface area (Å²) in [5.74, 6) is 1.76. The van der Waals surface area contributed by atoms with Gasteiger partial charge in [0, 0.05) is 51.2 Å². The monoisotopic (exact) mass is 292 g/mol. The summed E-state index contributed by atoms with van der Waals surface area (Å²) in [4.78, 5) is 11.4. The van der Waals surface area contributed by atoms with E-state index >= 15 is 0 Å². The fourth-order valence-electron chi connectivity index (χ4n) is 2.78. The van der Waals surface area contributed by atoms with Crippen molar-refractivity contribution in [2.75, 3.05) is 38.3 Å². The second-order valence-electron chi connectivity index (χ2n) is 5.75. The van der Waals surface area contributed by atoms with Gasteiger partial charge in [0.15, 0.2) is 0 Å². The molecule has 1 aliphatic rings. The molecular formula is C16H28N4O. The zero-order valence-electron chi connectivity index (χ0n) is 13.3. The van der Waals surface area contributed by atoms with Gasteiger partial charge in [-0.25, -0.2) is 9.97 Å². The van der Waals surface area contributed by atoms with E-state index in [9.17, 15) is 0 Å². The van der Waals surface area contributed by atoms with Gasteiger partial charge in [0.1, 0.15) is 0 Å². The minimum absolute atomic E-state index is 0.727. The molecule has 1 aromatic heterocycles. The minimum atomic E-state index is 0.727. The van der Waals surface area contributed by atoms with Crippen molar-refractivity contribution in [2.45, 2.75) is 39.2 Å². The summed E-state index contributed by atoms with van der Waals surface area (Å²) in [7, 11) is 1.71. The van der Waals surface area contributed by atoms with Crippen LogP contribution in [0, 0.1) is 5.92 Å². The molecule has 0 radical (unpaired) electrons. The SMILES string of the molecule is CCC1CCCN(c2ncc(CNCCOC)cn2)CC1. The van der Waals surface area contributed by atoms with Gasteiger partial charge < -0.3 is 15.0 Å². The minimum Gasteiger partial charge on any atom is -0.383 e. The standard InChI is InChI=1S/C16H28N4O/c1-3-14-5-4-8-20(9-6-14)16-18-12-15(13-19-16)11-17-7-10-21-2/h12-14,17H,3-11H2,1-2H3. The average Bonchev–Trinajstić information content (AvgIpc) is 2.78. The van der Waals surface area contributed by atoms with Gasteiger partial charge in [-0.15, -0.1) is 0 Å². The van der Waals surface area contributed by atoms with E-state index in [1.807, 2.05) is 12.4 Å². The van der Waals surface area contributed by atoms with Gasteiger partial charge in [0.25, 0.3) is 0 Å². The second kappa shape index (κ2) is 8.95. The lowest BCUT2D eigenvalue weighted by Crippen LogP contribution is -2.26. The molecule has 1 N–H and O–H groups in total. The Morgan fingerprint density at radius 2 is 2.10 bits per heavy atom. The number of hydrogen-bond acceptors (Lipinski definition) is 5. The van der Waals surface area contributed by atoms with Crippen molar-refractivity contribution < 1.29 is 4.74 Å². The molecule has 0 spiro atoms. The fourth-order valence-corrected chi connectivity index (χ4v) is 2.78. The number of nitrogens with zero attached hydrogens (tertiary/aromatic N) is 3. The Bertz CT molecular complexity index is 396. The molecular weight excluding hydrogens is 264 g/mol. The number of ether oxygens (including phenoxy) is 1. The predicted molar refractivity (Wildman–Crippen MR) is 85.5 cm³/mol. The van der Waals surface area contributed by atoms with Crippen LogP contribution in [0.3, 0.4) is 0 Å². The molecule has 2 rings (SSSR count). The van der Waals surface area contributed by atoms with E-state index < -0.39 is 0 Å². The maximum Gasteiger partial charge on any atom is 0.225 e. The van der Waals surface area contributed by atoms with E-state index in [0.717, 1.165) is 50.2 Å². The van der Waals surface area contributed by atoms with Crippen molar-refractivity contribution in [3.63, 3.8) is 0 Å². The molecule has 0 bridgehead atoms. The lowest BCUT2D eigenvalue weighted by atomic mass is 9.98. The molecule has 5 nitrogen and oxygen atoms in total. The van der Waals surface area contributed by atoms with Crippen LogP contribution in [0.25, 0.3) is 0 Å². The van der Waals surface area contributed by atoms with Gasteiger partial charge in [-0.05, 0) is 25.2 Å². The first-order valence-electron chi connectivity index (χ1n) is 8.09. The summed E-state index contributed by atoms with van der Waals surface area (Å²) in [6, 6.07) is 0. The van der Waals surface area contributed by atoms with Crippen molar-refractivity contribution >= 4 is 5.95 Å². The van der Waals surface area contributed by atoms with Gasteiger partial charge in [0.05, 0.1) is 6.61 Å². The van der Waals surface area contributed by atoms with Crippen LogP contribution in [-0.4, -0.2) is 43.3 Å². The van der Waals surface area contributed by atoms with Crippen LogP contribution >= 0.6 is 0 Å². The number of anilines is 1. The normalized spacial score (nSPS) is 19.5. The lowest BCUT2D eigenvalue weighted by Gasteiger charge is -2.20. The van der Waals surface area contributed by atoms with E-state index in [-0.39, 0.29) is 0 Å². The summed E-state index contributed by atoms with van der Waals surface area (Å²) in [6.07, 6.45) is 9.02. The Balaban J connectivity index is 1.83. The van der Waals surface area contributed by atoms with Crippen LogP contribution in [0.5, 0.6) is 0 Å². The van der Waals surface area contributed by atoms with Crippen molar-refractivity contribution in [1.29, 1.82) is 0 Å². The Morgan fingerprint density at radius 1 is 1.29 bits per heavy atom. The molecule has 0 saturated carbocycles. The number of aromatic nitrogens is 2. The molecule has 0 aliphatic carbocycles. The number of nitrogens with one attached hydrogen (secondary N) is 1. The third-order valence-electron chi connectivity index (χ3n) is 4.21. The molecule has 5 heteroatoms. The van der Waals surface area contributed by atoms with E-state index in [1.54, 1.807) is 7.11 Å². The fraction of sp³-hybridized carbons (Fsp3) is 0.750. The molecule has 21 heavy (non-hydrogen) atoms. The Morgan fingerprint density at radius 3 is 2.81 bits per heavy atom. The van der Waals surface area contributed by atoms with Gasteiger partial charge >= 0.3 is 0 Å². The first kappa shape index (κ1) is 16.2. The number of methoxy groups -OCH3 is 1. The van der Waals surface area contributed by atoms with Crippen molar-refractivity contribution in [1.82, 2.24) is 15.3 Å². The molecule has 1 aromatic rings. The van der Waals surface area contributed by atoms with Crippen molar-refractivity contribution in [2.24, 2.45) is 5.92 Å². The van der Waals surface area contributed by atoms with Crippen LogP contribution in [-0.2, 0) is 11.3 Å². The van der Waals surface area contributed by atoms with Crippen molar-refractivity contribution in [3.05, 3.63) is 18.0 Å². The molecule has 1 saturated heterocycles. The molecule has 1 fully saturated rings. The van der Waals surface area contributed by atoms with Crippen molar-refractivity contribution in [3.8, 4) is 0 Å². The summed E-state index contributed by atoms with van der Waals surface area (Å²) < 4.78 is 5.01. The van der Waals surface area contributed by atoms with Crippen LogP contribution in [0.1, 0.15) is 38.2 Å². The maximum absolute atomic E-state index is 5.01. The van der Waals surface area contributed by atoms with Crippen LogP contribution in [0.4, 0.5) is 5.95 Å². The molecule has 118 valence electrons. The van der Waals surface area contributed by atoms with Crippen LogP contribution < -0.4 is 10.2 Å². The summed E-state index contributed by atoms with van der Waals surface area (Å²) in [5, 5.41) is 3.31. The highest BCUT2D eigenvalue weighted by molar-refractivity contribution is 5.30. The van der Waals surface area contributed by atoms with Crippen LogP contribution in [0.2, 0.25) is 0 Å². The Hall–Kier alpha value is -1.20. The Labute approximate surface area is 128 Å². The van der Waals surface area contributed by atoms with Crippen LogP contribution in [0.15, 0.2) is 12.4 Å². The summed E-state index contributed by atoms with van der Waals surface area (Å²) in [6.45, 7) is 6.84. The third-order valence-corrected chi connectivity index (χ3v) is 4.21. The molecule has 0 aromatic carbocycles. The topological polar surface area (TPSA) is 50.3 Å². The quantitative estimate of drug-likeness (QED) is 0.781. The smallest absolute Gasteiger partial charge is 0.225 e. The zero-order chi connectivity index (χ0) is 14.9. The van der Waals surface area contributed by atoms with E-state index in [0.29, 0.717) is 0 Å². The molecule has 0 amide bonds. The first-order chi connectivity index (χ1) is 10.3. The number of hydrogen-bond donors (Lipinski definition) is 1. The summed E-state index contributed by atoms with van der Waals surface area (Å²) in [5.41, 5.74) is 1.12. The zero-order valence-corrected chi connectivity index (χ0v) is 13.3. The molecule has 1 unspecified atom stereocenters. The Kier molecular flexibility index (Phi) is 6.89. The highest BCUT2D eigenvalue weighted by Gasteiger charge is 2.17. The molecule has 1 atom stereocenters. The predicted octanol–water partition coefficient (Wildman–Crippen LogP) is 2.23. The maximum atomic E-state index is 5.01. The van der Waals surface area contributed by atoms with Gasteiger partial charge in [-0.2, -0.15) is 0 Å². The van der Waals surface area contributed by atoms with E-state index in [4.69, 9.17) is 4.74 Å². The van der Waals surface area contributed by atoms with Gasteiger partial charge in [-0.1, -0.05) is 13.3 Å². The van der Waals surface area contributed by atoms with E-state index in [2.05, 4.69) is 27.1 Å². The van der Waals surface area contributed by atoms with Gasteiger partial charge in [-0.3, -0.25) is 0 Å². The lowest BCUT2D eigenvalue weighted by molar-refractivity contribution is 0.199. The highest BCUT2D eigenvalue weighted by atomic mass is 16.5.